The number of aliphatic hydroxyl groups is 1. The topological polar surface area (TPSA) is 86.3 Å². The van der Waals surface area contributed by atoms with Crippen LogP contribution in [-0.4, -0.2) is 57.1 Å². The first-order valence-electron chi connectivity index (χ1n) is 13.0. The summed E-state index contributed by atoms with van der Waals surface area (Å²) >= 11 is 0. The lowest BCUT2D eigenvalue weighted by Gasteiger charge is -2.43. The van der Waals surface area contributed by atoms with Gasteiger partial charge in [-0.15, -0.1) is 0 Å². The molecule has 0 aromatic heterocycles. The van der Waals surface area contributed by atoms with Gasteiger partial charge in [-0.25, -0.2) is 4.79 Å². The van der Waals surface area contributed by atoms with E-state index < -0.39 is 38.8 Å². The van der Waals surface area contributed by atoms with E-state index in [1.807, 2.05) is 67.6 Å². The van der Waals surface area contributed by atoms with Crippen LogP contribution < -0.4 is 5.32 Å². The van der Waals surface area contributed by atoms with Crippen LogP contribution in [-0.2, 0) is 31.9 Å². The molecule has 3 rings (SSSR count). The molecule has 5 atom stereocenters. The molecule has 204 valence electrons. The molecule has 2 aromatic rings. The normalized spacial score (nSPS) is 22.1. The van der Waals surface area contributed by atoms with E-state index in [-0.39, 0.29) is 17.6 Å². The number of hydrogen-bond acceptors (Lipinski definition) is 6. The molecule has 0 spiro atoms. The van der Waals surface area contributed by atoms with Crippen LogP contribution in [0.15, 0.2) is 60.7 Å². The number of carbonyl (C=O) groups is 1. The molecule has 1 heterocycles. The lowest BCUT2D eigenvalue weighted by atomic mass is 9.91. The SMILES string of the molecule is C[C@@H](COCc1ccccc1)[C@@H]1OC(=O)N[C@@H]([C@H](O)CO[Si](C)(C)C(C)(C)C)[C@@H]1OCc1ccccc1. The Hall–Kier alpha value is -2.23. The summed E-state index contributed by atoms with van der Waals surface area (Å²) in [5, 5.41) is 14.0. The predicted molar refractivity (Wildman–Crippen MR) is 147 cm³/mol. The maximum absolute atomic E-state index is 12.6. The van der Waals surface area contributed by atoms with Crippen molar-refractivity contribution in [2.45, 2.75) is 83.4 Å². The number of cyclic esters (lactones) is 1. The van der Waals surface area contributed by atoms with Gasteiger partial charge in [0.1, 0.15) is 12.2 Å². The minimum atomic E-state index is -2.09. The van der Waals surface area contributed by atoms with Gasteiger partial charge < -0.3 is 29.1 Å². The maximum atomic E-state index is 12.6. The smallest absolute Gasteiger partial charge is 0.407 e. The van der Waals surface area contributed by atoms with Crippen molar-refractivity contribution in [3.8, 4) is 0 Å². The highest BCUT2D eigenvalue weighted by Crippen LogP contribution is 2.37. The Morgan fingerprint density at radius 1 is 0.973 bits per heavy atom. The Labute approximate surface area is 222 Å². The van der Waals surface area contributed by atoms with Crippen molar-refractivity contribution in [3.05, 3.63) is 71.8 Å². The minimum absolute atomic E-state index is 0.00198. The second-order valence-electron chi connectivity index (χ2n) is 11.4. The first kappa shape index (κ1) is 29.3. The lowest BCUT2D eigenvalue weighted by Crippen LogP contribution is -2.64. The summed E-state index contributed by atoms with van der Waals surface area (Å²) in [5.74, 6) is -0.161. The highest BCUT2D eigenvalue weighted by atomic mass is 28.4. The predicted octanol–water partition coefficient (Wildman–Crippen LogP) is 5.28. The number of hydrogen-bond donors (Lipinski definition) is 2. The van der Waals surface area contributed by atoms with Gasteiger partial charge in [-0.3, -0.25) is 0 Å². The first-order chi connectivity index (χ1) is 17.5. The van der Waals surface area contributed by atoms with E-state index in [1.54, 1.807) is 0 Å². The fourth-order valence-electron chi connectivity index (χ4n) is 4.01. The van der Waals surface area contributed by atoms with Gasteiger partial charge in [-0.2, -0.15) is 0 Å². The molecule has 1 aliphatic rings. The largest absolute Gasteiger partial charge is 0.443 e. The van der Waals surface area contributed by atoms with Crippen molar-refractivity contribution in [3.63, 3.8) is 0 Å². The van der Waals surface area contributed by atoms with E-state index in [1.165, 1.54) is 0 Å². The van der Waals surface area contributed by atoms with Crippen LogP contribution in [0.5, 0.6) is 0 Å². The Morgan fingerprint density at radius 2 is 1.54 bits per heavy atom. The Bertz CT molecular complexity index is 965. The van der Waals surface area contributed by atoms with Crippen LogP contribution in [0.25, 0.3) is 0 Å². The quantitative estimate of drug-likeness (QED) is 0.364. The number of benzene rings is 2. The molecule has 0 saturated carbocycles. The fraction of sp³-hybridized carbons (Fsp3) is 0.552. The van der Waals surface area contributed by atoms with Crippen LogP contribution in [0.1, 0.15) is 38.8 Å². The summed E-state index contributed by atoms with van der Waals surface area (Å²) in [6.07, 6.45) is -2.72. The van der Waals surface area contributed by atoms with Crippen molar-refractivity contribution in [1.29, 1.82) is 0 Å². The van der Waals surface area contributed by atoms with Crippen molar-refractivity contribution in [2.24, 2.45) is 5.92 Å². The number of ether oxygens (including phenoxy) is 3. The van der Waals surface area contributed by atoms with Crippen LogP contribution in [0.3, 0.4) is 0 Å². The van der Waals surface area contributed by atoms with Crippen LogP contribution >= 0.6 is 0 Å². The summed E-state index contributed by atoms with van der Waals surface area (Å²) in [4.78, 5) is 12.6. The van der Waals surface area contributed by atoms with E-state index in [9.17, 15) is 9.90 Å². The lowest BCUT2D eigenvalue weighted by molar-refractivity contribution is -0.136. The molecule has 37 heavy (non-hydrogen) atoms. The van der Waals surface area contributed by atoms with Crippen LogP contribution in [0.2, 0.25) is 18.1 Å². The second kappa shape index (κ2) is 13.0. The average Bonchev–Trinajstić information content (AvgIpc) is 2.86. The van der Waals surface area contributed by atoms with Gasteiger partial charge in [-0.05, 0) is 29.3 Å². The summed E-state index contributed by atoms with van der Waals surface area (Å²) in [6.45, 7) is 14.0. The van der Waals surface area contributed by atoms with Gasteiger partial charge >= 0.3 is 6.09 Å². The van der Waals surface area contributed by atoms with E-state index in [0.29, 0.717) is 19.8 Å². The second-order valence-corrected chi connectivity index (χ2v) is 16.2. The summed E-state index contributed by atoms with van der Waals surface area (Å²) in [7, 11) is -2.09. The van der Waals surface area contributed by atoms with Crippen molar-refractivity contribution in [1.82, 2.24) is 5.32 Å². The van der Waals surface area contributed by atoms with E-state index in [4.69, 9.17) is 18.6 Å². The van der Waals surface area contributed by atoms with Gasteiger partial charge in [0, 0.05) is 5.92 Å². The van der Waals surface area contributed by atoms with Gasteiger partial charge in [-0.1, -0.05) is 88.4 Å². The first-order valence-corrected chi connectivity index (χ1v) is 15.9. The van der Waals surface area contributed by atoms with Gasteiger partial charge in [0.15, 0.2) is 8.32 Å². The zero-order valence-electron chi connectivity index (χ0n) is 23.0. The third kappa shape index (κ3) is 8.38. The van der Waals surface area contributed by atoms with Crippen molar-refractivity contribution >= 4 is 14.4 Å². The van der Waals surface area contributed by atoms with Gasteiger partial charge in [0.25, 0.3) is 0 Å². The molecular weight excluding hydrogens is 486 g/mol. The fourth-order valence-corrected chi connectivity index (χ4v) is 5.03. The molecule has 2 aromatic carbocycles. The highest BCUT2D eigenvalue weighted by Gasteiger charge is 2.46. The van der Waals surface area contributed by atoms with Crippen LogP contribution in [0.4, 0.5) is 4.79 Å². The van der Waals surface area contributed by atoms with Crippen molar-refractivity contribution in [2.75, 3.05) is 13.2 Å². The number of alkyl carbamates (subject to hydrolysis) is 1. The number of nitrogens with one attached hydrogen (secondary N) is 1. The molecule has 1 fully saturated rings. The third-order valence-corrected chi connectivity index (χ3v) is 11.9. The molecular formula is C29H43NO6Si. The molecule has 7 nitrogen and oxygen atoms in total. The van der Waals surface area contributed by atoms with Crippen LogP contribution in [0, 0.1) is 5.92 Å². The zero-order chi connectivity index (χ0) is 27.1. The monoisotopic (exact) mass is 529 g/mol. The Balaban J connectivity index is 1.73. The number of carbonyl (C=O) groups excluding carboxylic acids is 1. The number of rotatable bonds is 12. The standard InChI is InChI=1S/C29H43NO6Si/c1-21(17-33-18-22-13-9-7-10-14-22)26-27(34-19-23-15-11-8-12-16-23)25(30-28(32)36-26)24(31)20-35-37(5,6)29(2,3)4/h7-16,21,24-27,31H,17-20H2,1-6H3,(H,30,32)/t21-,24+,25-,26-,27-/m0/s1. The number of aliphatic hydroxyl groups excluding tert-OH is 1. The van der Waals surface area contributed by atoms with E-state index >= 15 is 0 Å². The minimum Gasteiger partial charge on any atom is -0.443 e. The highest BCUT2D eigenvalue weighted by molar-refractivity contribution is 6.74. The van der Waals surface area contributed by atoms with E-state index in [2.05, 4.69) is 39.2 Å². The Kier molecular flexibility index (Phi) is 10.3. The van der Waals surface area contributed by atoms with Crippen molar-refractivity contribution < 1.29 is 28.5 Å². The molecule has 0 unspecified atom stereocenters. The molecule has 1 saturated heterocycles. The van der Waals surface area contributed by atoms with E-state index in [0.717, 1.165) is 11.1 Å². The zero-order valence-corrected chi connectivity index (χ0v) is 24.0. The molecule has 0 aliphatic carbocycles. The third-order valence-electron chi connectivity index (χ3n) is 7.38. The average molecular weight is 530 g/mol. The van der Waals surface area contributed by atoms with Gasteiger partial charge in [0.2, 0.25) is 0 Å². The summed E-state index contributed by atoms with van der Waals surface area (Å²) < 4.78 is 24.3. The maximum Gasteiger partial charge on any atom is 0.407 e. The molecule has 8 heteroatoms. The molecule has 1 amide bonds. The molecule has 0 radical (unpaired) electrons. The summed E-state index contributed by atoms with van der Waals surface area (Å²) in [5.41, 5.74) is 2.07. The Morgan fingerprint density at radius 3 is 2.11 bits per heavy atom. The van der Waals surface area contributed by atoms with Gasteiger partial charge in [0.05, 0.1) is 38.6 Å². The molecule has 1 aliphatic heterocycles. The summed E-state index contributed by atoms with van der Waals surface area (Å²) in [6, 6.07) is 19.1. The number of amides is 1. The molecule has 2 N–H and O–H groups in total. The molecule has 0 bridgehead atoms.